The molecule has 11 heteroatoms. The number of nitrogens with two attached hydrogens (primary N) is 1. The van der Waals surface area contributed by atoms with Gasteiger partial charge in [-0.3, -0.25) is 9.59 Å². The molecular formula is C35H33N5O5S. The lowest BCUT2D eigenvalue weighted by molar-refractivity contribution is 0.0691. The number of pyridine rings is 1. The van der Waals surface area contributed by atoms with Crippen LogP contribution in [0.25, 0.3) is 21.6 Å². The minimum absolute atomic E-state index is 0.0129. The van der Waals surface area contributed by atoms with E-state index in [-0.39, 0.29) is 34.5 Å². The molecule has 0 bridgehead atoms. The zero-order chi connectivity index (χ0) is 32.4. The van der Waals surface area contributed by atoms with Gasteiger partial charge in [-0.2, -0.15) is 5.26 Å². The monoisotopic (exact) mass is 635 g/mol. The highest BCUT2D eigenvalue weighted by atomic mass is 32.1. The van der Waals surface area contributed by atoms with E-state index >= 15 is 0 Å². The molecule has 2 aromatic heterocycles. The number of amides is 2. The number of aromatic carboxylic acids is 1. The normalized spacial score (nSPS) is 17.0. The van der Waals surface area contributed by atoms with Crippen LogP contribution < -0.4 is 21.1 Å². The third kappa shape index (κ3) is 6.22. The molecule has 0 unspecified atom stereocenters. The summed E-state index contributed by atoms with van der Waals surface area (Å²) >= 11 is 1.55. The van der Waals surface area contributed by atoms with Crippen molar-refractivity contribution in [3.05, 3.63) is 87.6 Å². The van der Waals surface area contributed by atoms with Gasteiger partial charge in [0.15, 0.2) is 5.69 Å². The molecule has 10 nitrogen and oxygen atoms in total. The van der Waals surface area contributed by atoms with Crippen LogP contribution in [0, 0.1) is 24.2 Å². The van der Waals surface area contributed by atoms with Gasteiger partial charge in [-0.25, -0.2) is 9.78 Å². The lowest BCUT2D eigenvalue weighted by atomic mass is 9.87. The summed E-state index contributed by atoms with van der Waals surface area (Å²) in [4.78, 5) is 45.1. The number of thiophene rings is 1. The second-order valence-corrected chi connectivity index (χ2v) is 12.5. The summed E-state index contributed by atoms with van der Waals surface area (Å²) < 4.78 is 6.12. The van der Waals surface area contributed by atoms with Gasteiger partial charge in [0, 0.05) is 57.7 Å². The molecule has 2 aromatic carbocycles. The lowest BCUT2D eigenvalue weighted by Gasteiger charge is -2.25. The van der Waals surface area contributed by atoms with Crippen LogP contribution in [0.5, 0.6) is 5.75 Å². The Morgan fingerprint density at radius 1 is 1.04 bits per heavy atom. The Bertz CT molecular complexity index is 1890. The average molecular weight is 636 g/mol. The maximum atomic E-state index is 14.0. The van der Waals surface area contributed by atoms with Crippen LogP contribution in [0.2, 0.25) is 0 Å². The van der Waals surface area contributed by atoms with E-state index in [4.69, 9.17) is 10.5 Å². The number of hydrogen-bond donors (Lipinski definition) is 4. The molecular weight excluding hydrogens is 602 g/mol. The number of carbonyl (C=O) groups is 3. The highest BCUT2D eigenvalue weighted by Crippen LogP contribution is 2.43. The fourth-order valence-corrected chi connectivity index (χ4v) is 7.08. The molecule has 1 fully saturated rings. The van der Waals surface area contributed by atoms with Gasteiger partial charge >= 0.3 is 5.97 Å². The largest absolute Gasteiger partial charge is 0.493 e. The number of nitriles is 1. The first kappa shape index (κ1) is 31.0. The van der Waals surface area contributed by atoms with Crippen molar-refractivity contribution in [2.45, 2.75) is 51.6 Å². The highest BCUT2D eigenvalue weighted by Gasteiger charge is 2.28. The predicted molar refractivity (Wildman–Crippen MR) is 175 cm³/mol. The van der Waals surface area contributed by atoms with Gasteiger partial charge in [0.1, 0.15) is 11.4 Å². The fourth-order valence-electron chi connectivity index (χ4n) is 6.10. The Morgan fingerprint density at radius 3 is 2.57 bits per heavy atom. The van der Waals surface area contributed by atoms with Crippen molar-refractivity contribution in [1.29, 1.82) is 5.26 Å². The number of rotatable bonds is 7. The molecule has 2 aliphatic rings. The van der Waals surface area contributed by atoms with Gasteiger partial charge in [0.25, 0.3) is 11.8 Å². The molecule has 1 aliphatic carbocycles. The number of aryl methyl sites for hydroxylation is 1. The van der Waals surface area contributed by atoms with Crippen LogP contribution in [0.1, 0.15) is 73.7 Å². The number of benzene rings is 2. The van der Waals surface area contributed by atoms with Crippen LogP contribution in [0.4, 0.5) is 5.69 Å². The first-order chi connectivity index (χ1) is 22.2. The van der Waals surface area contributed by atoms with Gasteiger partial charge in [-0.05, 0) is 91.1 Å². The average Bonchev–Trinajstić information content (AvgIpc) is 3.46. The molecule has 4 aromatic rings. The van der Waals surface area contributed by atoms with Gasteiger partial charge in [0.2, 0.25) is 0 Å². The van der Waals surface area contributed by atoms with E-state index in [9.17, 15) is 24.8 Å². The number of nitrogens with zero attached hydrogens (tertiary/aromatic N) is 2. The molecule has 0 saturated heterocycles. The number of carboxylic acids is 1. The quantitative estimate of drug-likeness (QED) is 0.193. The van der Waals surface area contributed by atoms with Crippen molar-refractivity contribution < 1.29 is 24.2 Å². The number of nitrogens with one attached hydrogen (secondary N) is 2. The SMILES string of the molecule is Cc1cc(CN)ccc1NC(=O)c1cc2c(cc1-c1ccc(C(=O)NC3CCC(C#N)CC3)nc1C(=O)O)OCCc1ccsc1-2. The van der Waals surface area contributed by atoms with Gasteiger partial charge in [-0.15, -0.1) is 11.3 Å². The number of fused-ring (bicyclic) bond motifs is 3. The molecule has 0 spiro atoms. The maximum Gasteiger partial charge on any atom is 0.355 e. The van der Waals surface area contributed by atoms with Crippen LogP contribution in [-0.4, -0.2) is 40.5 Å². The number of carbonyl (C=O) groups excluding carboxylic acids is 2. The first-order valence-corrected chi connectivity index (χ1v) is 16.1. The Balaban J connectivity index is 1.41. The summed E-state index contributed by atoms with van der Waals surface area (Å²) in [6.45, 7) is 2.67. The molecule has 0 radical (unpaired) electrons. The summed E-state index contributed by atoms with van der Waals surface area (Å²) in [6.07, 6.45) is 3.43. The van der Waals surface area contributed by atoms with E-state index in [1.54, 1.807) is 29.5 Å². The zero-order valence-corrected chi connectivity index (χ0v) is 26.1. The standard InChI is InChI=1S/C35H33N5O5S/c1-19-14-21(18-37)4-8-28(19)40-33(41)26-15-27-30(45-12-10-22-11-13-46-32(22)27)16-25(26)24-7-9-29(39-31(24)35(43)44)34(42)38-23-5-2-20(17-36)3-6-23/h4,7-9,11,13-16,20,23H,2-3,5-6,10,12,18,37H2,1H3,(H,38,42)(H,40,41)(H,43,44). The molecule has 5 N–H and O–H groups in total. The van der Waals surface area contributed by atoms with Crippen LogP contribution in [-0.2, 0) is 13.0 Å². The van der Waals surface area contributed by atoms with E-state index in [1.807, 2.05) is 30.5 Å². The molecule has 1 aliphatic heterocycles. The van der Waals surface area contributed by atoms with E-state index in [0.29, 0.717) is 62.3 Å². The van der Waals surface area contributed by atoms with Crippen molar-refractivity contribution in [3.8, 4) is 33.4 Å². The molecule has 234 valence electrons. The van der Waals surface area contributed by atoms with E-state index < -0.39 is 17.8 Å². The summed E-state index contributed by atoms with van der Waals surface area (Å²) in [7, 11) is 0. The second-order valence-electron chi connectivity index (χ2n) is 11.6. The van der Waals surface area contributed by atoms with Crippen LogP contribution >= 0.6 is 11.3 Å². The van der Waals surface area contributed by atoms with Crippen molar-refractivity contribution >= 4 is 34.8 Å². The van der Waals surface area contributed by atoms with Crippen molar-refractivity contribution in [1.82, 2.24) is 10.3 Å². The summed E-state index contributed by atoms with van der Waals surface area (Å²) in [5.74, 6) is -1.74. The number of aromatic nitrogens is 1. The highest BCUT2D eigenvalue weighted by molar-refractivity contribution is 7.13. The third-order valence-electron chi connectivity index (χ3n) is 8.63. The second kappa shape index (κ2) is 13.1. The predicted octanol–water partition coefficient (Wildman–Crippen LogP) is 5.94. The molecule has 46 heavy (non-hydrogen) atoms. The van der Waals surface area contributed by atoms with Crippen molar-refractivity contribution in [2.75, 3.05) is 11.9 Å². The first-order valence-electron chi connectivity index (χ1n) is 15.2. The minimum atomic E-state index is -1.34. The smallest absolute Gasteiger partial charge is 0.355 e. The van der Waals surface area contributed by atoms with Crippen LogP contribution in [0.3, 0.4) is 0 Å². The zero-order valence-electron chi connectivity index (χ0n) is 25.3. The minimum Gasteiger partial charge on any atom is -0.493 e. The van der Waals surface area contributed by atoms with E-state index in [1.165, 1.54) is 12.1 Å². The van der Waals surface area contributed by atoms with Crippen LogP contribution in [0.15, 0.2) is 53.9 Å². The Morgan fingerprint density at radius 2 is 1.85 bits per heavy atom. The number of ether oxygens (including phenoxy) is 1. The Labute approximate surface area is 270 Å². The molecule has 1 saturated carbocycles. The molecule has 0 atom stereocenters. The molecule has 3 heterocycles. The number of hydrogen-bond acceptors (Lipinski definition) is 8. The van der Waals surface area contributed by atoms with Gasteiger partial charge in [0.05, 0.1) is 12.7 Å². The van der Waals surface area contributed by atoms with E-state index in [2.05, 4.69) is 21.7 Å². The maximum absolute atomic E-state index is 14.0. The summed E-state index contributed by atoms with van der Waals surface area (Å²) in [5, 5.41) is 27.4. The Hall–Kier alpha value is -5.05. The molecule has 2 amide bonds. The van der Waals surface area contributed by atoms with E-state index in [0.717, 1.165) is 27.1 Å². The third-order valence-corrected chi connectivity index (χ3v) is 9.62. The summed E-state index contributed by atoms with van der Waals surface area (Å²) in [6, 6.07) is 16.2. The van der Waals surface area contributed by atoms with Gasteiger partial charge in [-0.1, -0.05) is 12.1 Å². The van der Waals surface area contributed by atoms with Crippen molar-refractivity contribution in [2.24, 2.45) is 11.7 Å². The summed E-state index contributed by atoms with van der Waals surface area (Å²) in [5.41, 5.74) is 10.4. The number of carboxylic acid groups (broad SMARTS) is 1. The lowest BCUT2D eigenvalue weighted by Crippen LogP contribution is -2.38. The molecule has 6 rings (SSSR count). The number of anilines is 1. The fraction of sp³-hybridized carbons (Fsp3) is 0.286. The topological polar surface area (TPSA) is 167 Å². The van der Waals surface area contributed by atoms with Gasteiger partial charge < -0.3 is 26.2 Å². The van der Waals surface area contributed by atoms with Crippen molar-refractivity contribution in [3.63, 3.8) is 0 Å². The Kier molecular flexibility index (Phi) is 8.83.